The van der Waals surface area contributed by atoms with Gasteiger partial charge >= 0.3 is 0 Å². The summed E-state index contributed by atoms with van der Waals surface area (Å²) >= 11 is 0. The fourth-order valence-corrected chi connectivity index (χ4v) is 1.97. The zero-order valence-corrected chi connectivity index (χ0v) is 10.3. The molecule has 0 amide bonds. The zero-order valence-electron chi connectivity index (χ0n) is 10.3. The molecular formula is C14H11N3O2. The Balaban J connectivity index is 2.39. The van der Waals surface area contributed by atoms with Crippen LogP contribution in [-0.4, -0.2) is 21.8 Å². The van der Waals surface area contributed by atoms with Crippen LogP contribution in [0.1, 0.15) is 0 Å². The van der Waals surface area contributed by atoms with Crippen LogP contribution in [0.5, 0.6) is 0 Å². The normalized spacial score (nSPS) is 10.6. The minimum Gasteiger partial charge on any atom is -0.412 e. The molecule has 0 fully saturated rings. The predicted molar refractivity (Wildman–Crippen MR) is 71.7 cm³/mol. The Morgan fingerprint density at radius 1 is 1.11 bits per heavy atom. The minimum absolute atomic E-state index is 0.222. The maximum absolute atomic E-state index is 12.3. The molecule has 0 N–H and O–H groups in total. The topological polar surface area (TPSA) is 57.0 Å². The summed E-state index contributed by atoms with van der Waals surface area (Å²) in [5.41, 5.74) is 1.20. The van der Waals surface area contributed by atoms with Gasteiger partial charge in [-0.1, -0.05) is 12.1 Å². The second-order valence-electron chi connectivity index (χ2n) is 3.97. The van der Waals surface area contributed by atoms with Gasteiger partial charge in [-0.15, -0.1) is 4.73 Å². The molecule has 0 aliphatic heterocycles. The van der Waals surface area contributed by atoms with Crippen LogP contribution in [0.3, 0.4) is 0 Å². The molecule has 2 heterocycles. The van der Waals surface area contributed by atoms with Crippen molar-refractivity contribution in [2.75, 3.05) is 7.11 Å². The molecule has 0 aliphatic rings. The Morgan fingerprint density at radius 3 is 2.58 bits per heavy atom. The van der Waals surface area contributed by atoms with Crippen LogP contribution in [0.4, 0.5) is 0 Å². The van der Waals surface area contributed by atoms with E-state index in [0.717, 1.165) is 5.56 Å². The second-order valence-corrected chi connectivity index (χ2v) is 3.97. The van der Waals surface area contributed by atoms with Gasteiger partial charge in [-0.2, -0.15) is 0 Å². The monoisotopic (exact) mass is 253 g/mol. The van der Waals surface area contributed by atoms with Crippen LogP contribution in [0, 0.1) is 0 Å². The van der Waals surface area contributed by atoms with Gasteiger partial charge in [-0.05, 0) is 24.3 Å². The first kappa shape index (κ1) is 11.4. The van der Waals surface area contributed by atoms with Gasteiger partial charge in [0.15, 0.2) is 5.82 Å². The summed E-state index contributed by atoms with van der Waals surface area (Å²) in [4.78, 5) is 25.9. The lowest BCUT2D eigenvalue weighted by atomic mass is 10.2. The van der Waals surface area contributed by atoms with Gasteiger partial charge in [0, 0.05) is 18.0 Å². The van der Waals surface area contributed by atoms with E-state index in [1.54, 1.807) is 42.7 Å². The molecule has 0 radical (unpaired) electrons. The SMILES string of the molecule is COn1c(-c2ccncc2)nc2ccccc2c1=O. The fraction of sp³-hybridized carbons (Fsp3) is 0.0714. The Hall–Kier alpha value is -2.69. The molecule has 0 atom stereocenters. The van der Waals surface area contributed by atoms with Crippen molar-refractivity contribution < 1.29 is 4.84 Å². The molecule has 1 aromatic carbocycles. The average Bonchev–Trinajstić information content (AvgIpc) is 2.48. The standard InChI is InChI=1S/C14H11N3O2/c1-19-17-13(10-6-8-15-9-7-10)16-12-5-3-2-4-11(12)14(17)18/h2-9H,1H3. The maximum atomic E-state index is 12.3. The quantitative estimate of drug-likeness (QED) is 0.694. The fourth-order valence-electron chi connectivity index (χ4n) is 1.97. The summed E-state index contributed by atoms with van der Waals surface area (Å²) in [7, 11) is 1.45. The largest absolute Gasteiger partial charge is 0.412 e. The molecule has 0 bridgehead atoms. The van der Waals surface area contributed by atoms with Crippen LogP contribution in [-0.2, 0) is 0 Å². The van der Waals surface area contributed by atoms with Gasteiger partial charge in [0.1, 0.15) is 7.11 Å². The lowest BCUT2D eigenvalue weighted by Crippen LogP contribution is -2.27. The first-order chi connectivity index (χ1) is 9.31. The lowest BCUT2D eigenvalue weighted by molar-refractivity contribution is 0.160. The average molecular weight is 253 g/mol. The van der Waals surface area contributed by atoms with Crippen molar-refractivity contribution in [1.82, 2.24) is 14.7 Å². The van der Waals surface area contributed by atoms with Gasteiger partial charge < -0.3 is 4.84 Å². The van der Waals surface area contributed by atoms with E-state index in [9.17, 15) is 4.79 Å². The number of nitrogens with zero attached hydrogens (tertiary/aromatic N) is 3. The summed E-state index contributed by atoms with van der Waals surface area (Å²) in [5, 5.41) is 0.530. The van der Waals surface area contributed by atoms with Crippen molar-refractivity contribution in [2.45, 2.75) is 0 Å². The lowest BCUT2D eigenvalue weighted by Gasteiger charge is -2.11. The predicted octanol–water partition coefficient (Wildman–Crippen LogP) is 1.52. The van der Waals surface area contributed by atoms with Gasteiger partial charge in [0.2, 0.25) is 0 Å². The molecule has 2 aromatic heterocycles. The molecule has 5 heteroatoms. The van der Waals surface area contributed by atoms with E-state index in [0.29, 0.717) is 16.7 Å². The number of aromatic nitrogens is 3. The molecule has 94 valence electrons. The van der Waals surface area contributed by atoms with Crippen molar-refractivity contribution >= 4 is 10.9 Å². The highest BCUT2D eigenvalue weighted by Gasteiger charge is 2.12. The number of benzene rings is 1. The zero-order chi connectivity index (χ0) is 13.2. The van der Waals surface area contributed by atoms with Gasteiger partial charge in [-0.3, -0.25) is 9.78 Å². The van der Waals surface area contributed by atoms with E-state index < -0.39 is 0 Å². The third kappa shape index (κ3) is 1.85. The molecule has 0 spiro atoms. The molecule has 0 saturated heterocycles. The summed E-state index contributed by atoms with van der Waals surface area (Å²) in [5.74, 6) is 0.466. The van der Waals surface area contributed by atoms with E-state index in [4.69, 9.17) is 4.84 Å². The van der Waals surface area contributed by atoms with Crippen LogP contribution in [0.2, 0.25) is 0 Å². The number of para-hydroxylation sites is 1. The molecule has 5 nitrogen and oxygen atoms in total. The first-order valence-corrected chi connectivity index (χ1v) is 5.78. The van der Waals surface area contributed by atoms with Crippen molar-refractivity contribution in [3.8, 4) is 11.4 Å². The van der Waals surface area contributed by atoms with Crippen molar-refractivity contribution in [3.05, 3.63) is 59.1 Å². The molecule has 19 heavy (non-hydrogen) atoms. The Kier molecular flexibility index (Phi) is 2.72. The van der Waals surface area contributed by atoms with Crippen molar-refractivity contribution in [3.63, 3.8) is 0 Å². The number of pyridine rings is 1. The highest BCUT2D eigenvalue weighted by Crippen LogP contribution is 2.16. The van der Waals surface area contributed by atoms with Gasteiger partial charge in [-0.25, -0.2) is 4.98 Å². The van der Waals surface area contributed by atoms with E-state index in [2.05, 4.69) is 9.97 Å². The number of rotatable bonds is 2. The van der Waals surface area contributed by atoms with Gasteiger partial charge in [0.05, 0.1) is 10.9 Å². The Morgan fingerprint density at radius 2 is 1.84 bits per heavy atom. The number of hydrogen-bond acceptors (Lipinski definition) is 4. The molecule has 3 aromatic rings. The third-order valence-electron chi connectivity index (χ3n) is 2.86. The molecule has 0 unspecified atom stereocenters. The van der Waals surface area contributed by atoms with Crippen LogP contribution >= 0.6 is 0 Å². The number of hydrogen-bond donors (Lipinski definition) is 0. The van der Waals surface area contributed by atoms with E-state index in [-0.39, 0.29) is 5.56 Å². The molecule has 0 aliphatic carbocycles. The van der Waals surface area contributed by atoms with E-state index in [1.807, 2.05) is 6.07 Å². The highest BCUT2D eigenvalue weighted by molar-refractivity contribution is 5.79. The molecule has 0 saturated carbocycles. The second kappa shape index (κ2) is 4.53. The third-order valence-corrected chi connectivity index (χ3v) is 2.86. The first-order valence-electron chi connectivity index (χ1n) is 5.78. The van der Waals surface area contributed by atoms with Crippen molar-refractivity contribution in [2.24, 2.45) is 0 Å². The summed E-state index contributed by atoms with van der Waals surface area (Å²) < 4.78 is 1.19. The van der Waals surface area contributed by atoms with Crippen molar-refractivity contribution in [1.29, 1.82) is 0 Å². The van der Waals surface area contributed by atoms with Crippen LogP contribution in [0.25, 0.3) is 22.3 Å². The molecule has 3 rings (SSSR count). The summed E-state index contributed by atoms with van der Waals surface area (Å²) in [6.45, 7) is 0. The van der Waals surface area contributed by atoms with E-state index in [1.165, 1.54) is 11.8 Å². The summed E-state index contributed by atoms with van der Waals surface area (Å²) in [6.07, 6.45) is 3.30. The van der Waals surface area contributed by atoms with Gasteiger partial charge in [0.25, 0.3) is 5.56 Å². The van der Waals surface area contributed by atoms with E-state index >= 15 is 0 Å². The highest BCUT2D eigenvalue weighted by atomic mass is 16.7. The summed E-state index contributed by atoms with van der Waals surface area (Å²) in [6, 6.07) is 10.8. The smallest absolute Gasteiger partial charge is 0.294 e. The Bertz CT molecular complexity index is 782. The Labute approximate surface area is 109 Å². The minimum atomic E-state index is -0.222. The maximum Gasteiger partial charge on any atom is 0.294 e. The van der Waals surface area contributed by atoms with Crippen LogP contribution < -0.4 is 10.4 Å². The van der Waals surface area contributed by atoms with Crippen LogP contribution in [0.15, 0.2) is 53.6 Å². The number of fused-ring (bicyclic) bond motifs is 1. The molecular weight excluding hydrogens is 242 g/mol.